The van der Waals surface area contributed by atoms with Crippen molar-refractivity contribution in [2.75, 3.05) is 33.0 Å². The van der Waals surface area contributed by atoms with Crippen molar-refractivity contribution in [1.29, 1.82) is 0 Å². The molecule has 0 bridgehead atoms. The highest BCUT2D eigenvalue weighted by molar-refractivity contribution is 5.94. The van der Waals surface area contributed by atoms with Gasteiger partial charge in [-0.05, 0) is 26.0 Å². The molecule has 0 aliphatic rings. The van der Waals surface area contributed by atoms with Crippen LogP contribution in [-0.2, 0) is 14.3 Å². The molecule has 0 aromatic heterocycles. The Morgan fingerprint density at radius 1 is 1.00 bits per heavy atom. The van der Waals surface area contributed by atoms with Gasteiger partial charge in [-0.25, -0.2) is 9.59 Å². The third-order valence-electron chi connectivity index (χ3n) is 3.67. The third-order valence-corrected chi connectivity index (χ3v) is 3.67. The fourth-order valence-corrected chi connectivity index (χ4v) is 2.40. The summed E-state index contributed by atoms with van der Waals surface area (Å²) < 4.78 is 21.2. The number of nitrogens with one attached hydrogen (secondary N) is 1. The first-order valence-electron chi connectivity index (χ1n) is 9.03. The van der Waals surface area contributed by atoms with Crippen molar-refractivity contribution in [2.45, 2.75) is 13.8 Å². The summed E-state index contributed by atoms with van der Waals surface area (Å²) in [7, 11) is 0. The molecule has 0 aliphatic carbocycles. The van der Waals surface area contributed by atoms with Crippen LogP contribution in [0.25, 0.3) is 10.8 Å². The molecule has 0 saturated carbocycles. The lowest BCUT2D eigenvalue weighted by Crippen LogP contribution is -2.30. The SMILES string of the molecule is C=C(C)C(=O)OCCOCCNC(=O)Oc1cccc2c(OCC)cccc12. The number of hydrogen-bond acceptors (Lipinski definition) is 6. The summed E-state index contributed by atoms with van der Waals surface area (Å²) in [5.41, 5.74) is 0.339. The number of carbonyl (C=O) groups excluding carboxylic acids is 2. The van der Waals surface area contributed by atoms with Crippen molar-refractivity contribution < 1.29 is 28.5 Å². The van der Waals surface area contributed by atoms with Crippen LogP contribution in [0, 0.1) is 0 Å². The van der Waals surface area contributed by atoms with Gasteiger partial charge in [-0.2, -0.15) is 0 Å². The molecule has 28 heavy (non-hydrogen) atoms. The molecule has 0 heterocycles. The van der Waals surface area contributed by atoms with E-state index in [4.69, 9.17) is 18.9 Å². The molecular weight excluding hydrogens is 362 g/mol. The van der Waals surface area contributed by atoms with Gasteiger partial charge in [-0.1, -0.05) is 30.8 Å². The average Bonchev–Trinajstić information content (AvgIpc) is 2.68. The molecule has 0 unspecified atom stereocenters. The maximum Gasteiger partial charge on any atom is 0.412 e. The monoisotopic (exact) mass is 387 g/mol. The van der Waals surface area contributed by atoms with Crippen LogP contribution < -0.4 is 14.8 Å². The van der Waals surface area contributed by atoms with Gasteiger partial charge in [0.15, 0.2) is 0 Å². The van der Waals surface area contributed by atoms with E-state index in [1.165, 1.54) is 0 Å². The largest absolute Gasteiger partial charge is 0.493 e. The fourth-order valence-electron chi connectivity index (χ4n) is 2.40. The van der Waals surface area contributed by atoms with Gasteiger partial charge in [0.2, 0.25) is 0 Å². The van der Waals surface area contributed by atoms with E-state index in [0.29, 0.717) is 17.9 Å². The van der Waals surface area contributed by atoms with Crippen LogP contribution in [0.15, 0.2) is 48.6 Å². The minimum absolute atomic E-state index is 0.133. The molecule has 2 rings (SSSR count). The first-order valence-corrected chi connectivity index (χ1v) is 9.03. The van der Waals surface area contributed by atoms with Gasteiger partial charge in [-0.15, -0.1) is 0 Å². The first kappa shape index (κ1) is 21.2. The summed E-state index contributed by atoms with van der Waals surface area (Å²) in [6.07, 6.45) is -0.577. The highest BCUT2D eigenvalue weighted by Crippen LogP contribution is 2.32. The molecular formula is C21H25NO6. The van der Waals surface area contributed by atoms with E-state index >= 15 is 0 Å². The lowest BCUT2D eigenvalue weighted by molar-refractivity contribution is -0.140. The van der Waals surface area contributed by atoms with Gasteiger partial charge in [0.05, 0.1) is 19.8 Å². The molecule has 0 fully saturated rings. The van der Waals surface area contributed by atoms with E-state index in [-0.39, 0.29) is 26.4 Å². The van der Waals surface area contributed by atoms with E-state index in [0.717, 1.165) is 16.5 Å². The number of rotatable bonds is 10. The second-order valence-corrected chi connectivity index (χ2v) is 5.89. The predicted octanol–water partition coefficient (Wildman–Crippen LogP) is 3.46. The van der Waals surface area contributed by atoms with E-state index in [2.05, 4.69) is 11.9 Å². The topological polar surface area (TPSA) is 83.1 Å². The van der Waals surface area contributed by atoms with Crippen LogP contribution in [-0.4, -0.2) is 45.0 Å². The summed E-state index contributed by atoms with van der Waals surface area (Å²) in [4.78, 5) is 23.2. The molecule has 7 nitrogen and oxygen atoms in total. The highest BCUT2D eigenvalue weighted by Gasteiger charge is 2.10. The van der Waals surface area contributed by atoms with Crippen molar-refractivity contribution in [3.05, 3.63) is 48.6 Å². The highest BCUT2D eigenvalue weighted by atomic mass is 16.6. The van der Waals surface area contributed by atoms with Crippen molar-refractivity contribution in [3.63, 3.8) is 0 Å². The zero-order valence-electron chi connectivity index (χ0n) is 16.2. The number of amides is 1. The van der Waals surface area contributed by atoms with Crippen LogP contribution in [0.2, 0.25) is 0 Å². The number of hydrogen-bond donors (Lipinski definition) is 1. The van der Waals surface area contributed by atoms with Crippen molar-refractivity contribution in [3.8, 4) is 11.5 Å². The van der Waals surface area contributed by atoms with Crippen molar-refractivity contribution >= 4 is 22.8 Å². The van der Waals surface area contributed by atoms with Gasteiger partial charge >= 0.3 is 12.1 Å². The number of carbonyl (C=O) groups is 2. The Balaban J connectivity index is 1.77. The lowest BCUT2D eigenvalue weighted by Gasteiger charge is -2.12. The van der Waals surface area contributed by atoms with Crippen LogP contribution in [0.5, 0.6) is 11.5 Å². The number of benzene rings is 2. The fraction of sp³-hybridized carbons (Fsp3) is 0.333. The second-order valence-electron chi connectivity index (χ2n) is 5.89. The minimum atomic E-state index is -0.577. The Morgan fingerprint density at radius 2 is 1.68 bits per heavy atom. The molecule has 7 heteroatoms. The Morgan fingerprint density at radius 3 is 2.36 bits per heavy atom. The molecule has 1 N–H and O–H groups in total. The molecule has 0 atom stereocenters. The predicted molar refractivity (Wildman–Crippen MR) is 106 cm³/mol. The minimum Gasteiger partial charge on any atom is -0.493 e. The summed E-state index contributed by atoms with van der Waals surface area (Å²) in [6.45, 7) is 8.43. The number of esters is 1. The van der Waals surface area contributed by atoms with Gasteiger partial charge in [0.25, 0.3) is 0 Å². The summed E-state index contributed by atoms with van der Waals surface area (Å²) in [5, 5.41) is 4.28. The average molecular weight is 387 g/mol. The Hall–Kier alpha value is -3.06. The normalized spacial score (nSPS) is 10.4. The number of fused-ring (bicyclic) bond motifs is 1. The maximum absolute atomic E-state index is 12.0. The zero-order valence-corrected chi connectivity index (χ0v) is 16.2. The molecule has 0 spiro atoms. The Bertz CT molecular complexity index is 833. The van der Waals surface area contributed by atoms with Crippen LogP contribution >= 0.6 is 0 Å². The Kier molecular flexibility index (Phi) is 8.30. The van der Waals surface area contributed by atoms with E-state index in [1.54, 1.807) is 13.0 Å². The van der Waals surface area contributed by atoms with Gasteiger partial charge in [0, 0.05) is 22.9 Å². The molecule has 2 aromatic carbocycles. The third kappa shape index (κ3) is 6.28. The van der Waals surface area contributed by atoms with Crippen LogP contribution in [0.1, 0.15) is 13.8 Å². The van der Waals surface area contributed by atoms with Crippen molar-refractivity contribution in [1.82, 2.24) is 5.32 Å². The van der Waals surface area contributed by atoms with Crippen LogP contribution in [0.3, 0.4) is 0 Å². The van der Waals surface area contributed by atoms with Gasteiger partial charge in [-0.3, -0.25) is 0 Å². The standard InChI is InChI=1S/C21H25NO6/c1-4-26-18-9-5-8-17-16(18)7-6-10-19(17)28-21(24)22-11-12-25-13-14-27-20(23)15(2)3/h5-10H,2,4,11-14H2,1,3H3,(H,22,24). The maximum atomic E-state index is 12.0. The second kappa shape index (κ2) is 10.9. The molecule has 0 aliphatic heterocycles. The van der Waals surface area contributed by atoms with E-state index < -0.39 is 12.1 Å². The van der Waals surface area contributed by atoms with Gasteiger partial charge < -0.3 is 24.3 Å². The molecule has 150 valence electrons. The lowest BCUT2D eigenvalue weighted by atomic mass is 10.1. The van der Waals surface area contributed by atoms with Gasteiger partial charge in [0.1, 0.15) is 18.1 Å². The molecule has 0 radical (unpaired) electrons. The Labute approximate surface area is 164 Å². The quantitative estimate of drug-likeness (QED) is 0.382. The van der Waals surface area contributed by atoms with E-state index in [9.17, 15) is 9.59 Å². The zero-order chi connectivity index (χ0) is 20.4. The van der Waals surface area contributed by atoms with Crippen molar-refractivity contribution in [2.24, 2.45) is 0 Å². The molecule has 0 saturated heterocycles. The number of ether oxygens (including phenoxy) is 4. The smallest absolute Gasteiger partial charge is 0.412 e. The summed E-state index contributed by atoms with van der Waals surface area (Å²) >= 11 is 0. The summed E-state index contributed by atoms with van der Waals surface area (Å²) in [5.74, 6) is 0.740. The molecule has 1 amide bonds. The summed E-state index contributed by atoms with van der Waals surface area (Å²) in [6, 6.07) is 11.1. The van der Waals surface area contributed by atoms with E-state index in [1.807, 2.05) is 37.3 Å². The molecule has 2 aromatic rings. The van der Waals surface area contributed by atoms with Crippen LogP contribution in [0.4, 0.5) is 4.79 Å². The first-order chi connectivity index (χ1) is 13.5.